The minimum Gasteiger partial charge on any atom is -0.477 e. The Morgan fingerprint density at radius 1 is 0.952 bits per heavy atom. The molecule has 3 aliphatic rings. The van der Waals surface area contributed by atoms with Crippen molar-refractivity contribution in [3.05, 3.63) is 0 Å². The van der Waals surface area contributed by atoms with Crippen LogP contribution in [0, 0.1) is 0 Å². The predicted molar refractivity (Wildman–Crippen MR) is 129 cm³/mol. The Labute approximate surface area is 238 Å². The van der Waals surface area contributed by atoms with Crippen LogP contribution in [-0.2, 0) is 33.3 Å². The Morgan fingerprint density at radius 2 is 1.60 bits per heavy atom. The van der Waals surface area contributed by atoms with Crippen molar-refractivity contribution in [2.45, 2.75) is 111 Å². The molecule has 19 heteroatoms. The minimum absolute atomic E-state index is 0.358. The molecule has 0 saturated carbocycles. The van der Waals surface area contributed by atoms with Crippen molar-refractivity contribution in [3.63, 3.8) is 0 Å². The van der Waals surface area contributed by atoms with Crippen LogP contribution in [0.5, 0.6) is 0 Å². The number of nitrogens with one attached hydrogen (secondary N) is 1. The summed E-state index contributed by atoms with van der Waals surface area (Å²) in [6.45, 7) is -1.64. The van der Waals surface area contributed by atoms with Gasteiger partial charge in [-0.3, -0.25) is 4.79 Å². The molecule has 0 unspecified atom stereocenters. The van der Waals surface area contributed by atoms with Crippen molar-refractivity contribution in [3.8, 4) is 0 Å². The zero-order valence-electron chi connectivity index (χ0n) is 22.4. The number of ether oxygens (including phenoxy) is 5. The van der Waals surface area contributed by atoms with Crippen LogP contribution in [0.25, 0.3) is 0 Å². The van der Waals surface area contributed by atoms with Gasteiger partial charge in [-0.15, -0.1) is 0 Å². The van der Waals surface area contributed by atoms with E-state index in [-0.39, 0.29) is 6.42 Å². The number of aliphatic hydroxyl groups is 10. The number of amides is 1. The van der Waals surface area contributed by atoms with Gasteiger partial charge in [0.2, 0.25) is 5.91 Å². The molecule has 1 amide bonds. The second-order valence-electron chi connectivity index (χ2n) is 10.4. The molecule has 3 fully saturated rings. The fourth-order valence-corrected chi connectivity index (χ4v) is 5.18. The zero-order chi connectivity index (χ0) is 31.5. The Bertz CT molecular complexity index is 913. The molecule has 12 N–H and O–H groups in total. The smallest absolute Gasteiger partial charge is 0.364 e. The average molecular weight is 618 g/mol. The van der Waals surface area contributed by atoms with Gasteiger partial charge < -0.3 is 85.2 Å². The lowest BCUT2D eigenvalue weighted by Crippen LogP contribution is -2.70. The van der Waals surface area contributed by atoms with Crippen molar-refractivity contribution >= 4 is 11.9 Å². The fraction of sp³-hybridized carbons (Fsp3) is 0.913. The molecular formula is C23H39NO18. The van der Waals surface area contributed by atoms with Gasteiger partial charge in [-0.05, 0) is 0 Å². The van der Waals surface area contributed by atoms with Crippen LogP contribution in [0.4, 0.5) is 0 Å². The molecule has 3 rings (SSSR count). The molecule has 0 radical (unpaired) electrons. The first-order valence-electron chi connectivity index (χ1n) is 13.1. The summed E-state index contributed by atoms with van der Waals surface area (Å²) in [6, 6.07) is -1.51. The first-order valence-corrected chi connectivity index (χ1v) is 13.1. The Hall–Kier alpha value is -1.66. The molecule has 0 spiro atoms. The van der Waals surface area contributed by atoms with Gasteiger partial charge in [0.1, 0.15) is 54.9 Å². The lowest BCUT2D eigenvalue weighted by molar-refractivity contribution is -0.381. The number of hydrogen-bond acceptors (Lipinski definition) is 17. The van der Waals surface area contributed by atoms with E-state index in [0.29, 0.717) is 0 Å². The van der Waals surface area contributed by atoms with E-state index in [1.54, 1.807) is 0 Å². The summed E-state index contributed by atoms with van der Waals surface area (Å²) < 4.78 is 27.2. The van der Waals surface area contributed by atoms with Gasteiger partial charge in [0.25, 0.3) is 5.79 Å². The maximum absolute atomic E-state index is 12.5. The highest BCUT2D eigenvalue weighted by Crippen LogP contribution is 2.38. The minimum atomic E-state index is -2.98. The van der Waals surface area contributed by atoms with E-state index in [2.05, 4.69) is 5.32 Å². The van der Waals surface area contributed by atoms with E-state index >= 15 is 0 Å². The topological polar surface area (TPSA) is 315 Å². The predicted octanol–water partition coefficient (Wildman–Crippen LogP) is -7.19. The molecule has 19 nitrogen and oxygen atoms in total. The third-order valence-corrected chi connectivity index (χ3v) is 7.33. The summed E-state index contributed by atoms with van der Waals surface area (Å²) in [4.78, 5) is 24.3. The summed E-state index contributed by atoms with van der Waals surface area (Å²) in [7, 11) is 0. The van der Waals surface area contributed by atoms with Crippen LogP contribution in [-0.4, -0.2) is 179 Å². The maximum atomic E-state index is 12.5. The summed E-state index contributed by atoms with van der Waals surface area (Å²) in [5, 5.41) is 114. The van der Waals surface area contributed by atoms with Gasteiger partial charge in [-0.25, -0.2) is 4.79 Å². The SMILES string of the molecule is CC(=O)N[C@H]1[C@H]([C@H](O)[C@H](O)CO)O[C@@](O[C@H]2[C@@H](O)[C@@H](CO)O[C@@H](O[C@@H]3[C@H](O)C[C@@H](O)O[C@@H]3CO)[C@@H]2O)(C(=O)O)C[C@@H]1O. The van der Waals surface area contributed by atoms with Crippen LogP contribution in [0.3, 0.4) is 0 Å². The lowest BCUT2D eigenvalue weighted by atomic mass is 9.88. The van der Waals surface area contributed by atoms with E-state index < -0.39 is 130 Å². The number of rotatable bonds is 11. The zero-order valence-corrected chi connectivity index (χ0v) is 22.4. The standard InChI is InChI=1S/C23H39NO18/c1-7(28)24-14-9(30)3-23(22(36)37,41-19(14)15(33)10(31)4-25)42-20-16(34)11(5-26)39-21(17(20)35)40-18-8(29)2-13(32)38-12(18)6-27/h8-21,25-27,29-35H,2-6H2,1H3,(H,24,28)(H,36,37)/t8-,9+,10-,11-,12-,13+,14-,15-,16+,17-,18-,19-,20+,21+,23+/m1/s1. The van der Waals surface area contributed by atoms with Gasteiger partial charge in [-0.1, -0.05) is 0 Å². The Morgan fingerprint density at radius 3 is 2.14 bits per heavy atom. The maximum Gasteiger partial charge on any atom is 0.364 e. The number of carbonyl (C=O) groups excluding carboxylic acids is 1. The van der Waals surface area contributed by atoms with Gasteiger partial charge in [0.15, 0.2) is 12.6 Å². The molecule has 3 saturated heterocycles. The van der Waals surface area contributed by atoms with Crippen LogP contribution < -0.4 is 5.32 Å². The Balaban J connectivity index is 1.93. The highest BCUT2D eigenvalue weighted by atomic mass is 16.8. The molecule has 0 aromatic carbocycles. The molecule has 0 aliphatic carbocycles. The molecule has 42 heavy (non-hydrogen) atoms. The van der Waals surface area contributed by atoms with E-state index in [0.717, 1.165) is 6.92 Å². The Kier molecular flexibility index (Phi) is 12.0. The summed E-state index contributed by atoms with van der Waals surface area (Å²) in [6.07, 6.45) is -24.3. The number of carbonyl (C=O) groups is 2. The van der Waals surface area contributed by atoms with Crippen LogP contribution >= 0.6 is 0 Å². The quantitative estimate of drug-likeness (QED) is 0.102. The van der Waals surface area contributed by atoms with E-state index in [4.69, 9.17) is 23.7 Å². The van der Waals surface area contributed by atoms with Gasteiger partial charge in [0, 0.05) is 19.8 Å². The summed E-state index contributed by atoms with van der Waals surface area (Å²) in [5.41, 5.74) is 0. The number of aliphatic carboxylic acids is 1. The molecule has 0 aromatic rings. The second-order valence-corrected chi connectivity index (χ2v) is 10.4. The van der Waals surface area contributed by atoms with Gasteiger partial charge in [-0.2, -0.15) is 0 Å². The van der Waals surface area contributed by atoms with Crippen LogP contribution in [0.1, 0.15) is 19.8 Å². The van der Waals surface area contributed by atoms with Gasteiger partial charge in [0.05, 0.1) is 38.1 Å². The van der Waals surface area contributed by atoms with Crippen molar-refractivity contribution in [1.82, 2.24) is 5.32 Å². The number of carboxylic acid groups (broad SMARTS) is 1. The normalized spacial score (nSPS) is 44.3. The first kappa shape index (κ1) is 34.8. The summed E-state index contributed by atoms with van der Waals surface area (Å²) >= 11 is 0. The van der Waals surface area contributed by atoms with Crippen LogP contribution in [0.2, 0.25) is 0 Å². The largest absolute Gasteiger partial charge is 0.477 e. The number of hydrogen-bond donors (Lipinski definition) is 12. The highest BCUT2D eigenvalue weighted by Gasteiger charge is 2.59. The van der Waals surface area contributed by atoms with E-state index in [1.165, 1.54) is 0 Å². The lowest BCUT2D eigenvalue weighted by Gasteiger charge is -2.50. The van der Waals surface area contributed by atoms with Crippen molar-refractivity contribution in [2.24, 2.45) is 0 Å². The third kappa shape index (κ3) is 7.34. The second kappa shape index (κ2) is 14.4. The van der Waals surface area contributed by atoms with E-state index in [9.17, 15) is 65.8 Å². The molecular weight excluding hydrogens is 578 g/mol. The highest BCUT2D eigenvalue weighted by molar-refractivity contribution is 5.76. The van der Waals surface area contributed by atoms with Crippen molar-refractivity contribution in [2.75, 3.05) is 19.8 Å². The molecule has 0 aromatic heterocycles. The molecule has 0 bridgehead atoms. The van der Waals surface area contributed by atoms with E-state index in [1.807, 2.05) is 0 Å². The molecule has 3 aliphatic heterocycles. The molecule has 3 heterocycles. The van der Waals surface area contributed by atoms with Crippen LogP contribution in [0.15, 0.2) is 0 Å². The van der Waals surface area contributed by atoms with Crippen molar-refractivity contribution < 1.29 is 89.4 Å². The first-order chi connectivity index (χ1) is 19.7. The van der Waals surface area contributed by atoms with Gasteiger partial charge >= 0.3 is 5.97 Å². The third-order valence-electron chi connectivity index (χ3n) is 7.33. The monoisotopic (exact) mass is 617 g/mol. The molecule has 15 atom stereocenters. The summed E-state index contributed by atoms with van der Waals surface area (Å²) in [5.74, 6) is -5.65. The molecule has 244 valence electrons. The number of carboxylic acids is 1. The fourth-order valence-electron chi connectivity index (χ4n) is 5.18. The number of aliphatic hydroxyl groups excluding tert-OH is 10. The average Bonchev–Trinajstić information content (AvgIpc) is 2.93. The van der Waals surface area contributed by atoms with Crippen molar-refractivity contribution in [1.29, 1.82) is 0 Å².